The van der Waals surface area contributed by atoms with Gasteiger partial charge in [0.1, 0.15) is 0 Å². The van der Waals surface area contributed by atoms with Crippen molar-refractivity contribution in [3.8, 4) is 11.3 Å². The van der Waals surface area contributed by atoms with Gasteiger partial charge in [-0.1, -0.05) is 48.5 Å². The number of sulfone groups is 1. The lowest BCUT2D eigenvalue weighted by atomic mass is 10.1. The summed E-state index contributed by atoms with van der Waals surface area (Å²) in [6.45, 7) is 0. The van der Waals surface area contributed by atoms with E-state index < -0.39 is 9.84 Å². The predicted octanol–water partition coefficient (Wildman–Crippen LogP) is 3.67. The van der Waals surface area contributed by atoms with Gasteiger partial charge in [-0.15, -0.1) is 0 Å². The Morgan fingerprint density at radius 3 is 2.17 bits per heavy atom. The summed E-state index contributed by atoms with van der Waals surface area (Å²) in [7, 11) is -3.44. The largest absolute Gasteiger partial charge is 0.294 e. The Balaban J connectivity index is 1.96. The molecule has 0 radical (unpaired) electrons. The number of hydrogen-bond donors (Lipinski definition) is 1. The second-order valence-electron chi connectivity index (χ2n) is 5.07. The van der Waals surface area contributed by atoms with Crippen LogP contribution in [0.3, 0.4) is 0 Å². The van der Waals surface area contributed by atoms with Gasteiger partial charge in [0, 0.05) is 22.8 Å². The van der Waals surface area contributed by atoms with Crippen LogP contribution in [0.4, 0.5) is 5.95 Å². The van der Waals surface area contributed by atoms with Crippen LogP contribution in [-0.4, -0.2) is 24.6 Å². The first kappa shape index (κ1) is 16.5. The van der Waals surface area contributed by atoms with Crippen LogP contribution in [-0.2, 0) is 9.84 Å². The van der Waals surface area contributed by atoms with E-state index in [4.69, 9.17) is 0 Å². The van der Waals surface area contributed by atoms with E-state index in [2.05, 4.69) is 14.7 Å². The quantitative estimate of drug-likeness (QED) is 0.555. The van der Waals surface area contributed by atoms with Gasteiger partial charge in [-0.25, -0.2) is 18.4 Å². The predicted molar refractivity (Wildman–Crippen MR) is 96.5 cm³/mol. The van der Waals surface area contributed by atoms with Gasteiger partial charge in [-0.05, 0) is 24.1 Å². The molecule has 3 rings (SSSR count). The normalized spacial score (nSPS) is 11.2. The fraction of sp³-hybridized carbons (Fsp3) is 0.0588. The van der Waals surface area contributed by atoms with Crippen LogP contribution in [0.2, 0.25) is 0 Å². The van der Waals surface area contributed by atoms with E-state index in [1.807, 2.05) is 60.7 Å². The summed E-state index contributed by atoms with van der Waals surface area (Å²) in [5.41, 5.74) is 1.39. The molecule has 1 aromatic heterocycles. The maximum Gasteiger partial charge on any atom is 0.234 e. The van der Waals surface area contributed by atoms with Crippen molar-refractivity contribution < 1.29 is 8.42 Å². The minimum atomic E-state index is -3.44. The molecule has 1 heterocycles. The smallest absolute Gasteiger partial charge is 0.234 e. The number of anilines is 1. The number of hydrogen-bond acceptors (Lipinski definition) is 6. The number of rotatable bonds is 5. The van der Waals surface area contributed by atoms with Gasteiger partial charge in [0.05, 0.1) is 5.69 Å². The number of nitrogens with one attached hydrogen (secondary N) is 1. The molecule has 0 fully saturated rings. The molecule has 0 bridgehead atoms. The highest BCUT2D eigenvalue weighted by Crippen LogP contribution is 2.24. The Morgan fingerprint density at radius 2 is 1.54 bits per heavy atom. The van der Waals surface area contributed by atoms with Crippen molar-refractivity contribution in [1.82, 2.24) is 9.97 Å². The fourth-order valence-corrected chi connectivity index (χ4v) is 3.18. The van der Waals surface area contributed by atoms with E-state index in [1.54, 1.807) is 0 Å². The van der Waals surface area contributed by atoms with E-state index >= 15 is 0 Å². The van der Waals surface area contributed by atoms with E-state index in [1.165, 1.54) is 18.0 Å². The molecule has 0 aliphatic carbocycles. The molecular formula is C17H15N3O2S2. The molecule has 3 aromatic rings. The summed E-state index contributed by atoms with van der Waals surface area (Å²) >= 11 is 1.33. The van der Waals surface area contributed by atoms with E-state index in [0.717, 1.165) is 16.7 Å². The molecule has 24 heavy (non-hydrogen) atoms. The van der Waals surface area contributed by atoms with Crippen LogP contribution >= 0.6 is 11.9 Å². The molecular weight excluding hydrogens is 342 g/mol. The Labute approximate surface area is 145 Å². The summed E-state index contributed by atoms with van der Waals surface area (Å²) in [6, 6.07) is 20.6. The molecule has 2 aromatic carbocycles. The molecule has 0 saturated heterocycles. The maximum absolute atomic E-state index is 11.9. The topological polar surface area (TPSA) is 72.0 Å². The van der Waals surface area contributed by atoms with Crippen molar-refractivity contribution in [2.24, 2.45) is 0 Å². The van der Waals surface area contributed by atoms with Crippen LogP contribution in [0, 0.1) is 0 Å². The highest BCUT2D eigenvalue weighted by Gasteiger charge is 2.14. The van der Waals surface area contributed by atoms with Gasteiger partial charge in [0.15, 0.2) is 14.9 Å². The van der Waals surface area contributed by atoms with Crippen molar-refractivity contribution in [1.29, 1.82) is 0 Å². The fourth-order valence-electron chi connectivity index (χ4n) is 2.01. The average molecular weight is 357 g/mol. The lowest BCUT2D eigenvalue weighted by Crippen LogP contribution is -2.05. The lowest BCUT2D eigenvalue weighted by Gasteiger charge is -2.08. The van der Waals surface area contributed by atoms with Gasteiger partial charge >= 0.3 is 0 Å². The zero-order chi connectivity index (χ0) is 17.0. The molecule has 0 amide bonds. The van der Waals surface area contributed by atoms with Gasteiger partial charge < -0.3 is 0 Å². The third kappa shape index (κ3) is 4.12. The molecule has 0 unspecified atom stereocenters. The monoisotopic (exact) mass is 357 g/mol. The van der Waals surface area contributed by atoms with Crippen molar-refractivity contribution in [2.75, 3.05) is 11.0 Å². The molecule has 0 saturated carbocycles. The highest BCUT2D eigenvalue weighted by atomic mass is 32.2. The van der Waals surface area contributed by atoms with Crippen molar-refractivity contribution in [3.05, 3.63) is 66.7 Å². The van der Waals surface area contributed by atoms with Crippen LogP contribution in [0.15, 0.2) is 76.7 Å². The molecule has 0 atom stereocenters. The van der Waals surface area contributed by atoms with E-state index in [0.29, 0.717) is 5.69 Å². The lowest BCUT2D eigenvalue weighted by molar-refractivity contribution is 0.598. The molecule has 0 aliphatic rings. The van der Waals surface area contributed by atoms with Gasteiger partial charge in [-0.2, -0.15) is 0 Å². The summed E-state index contributed by atoms with van der Waals surface area (Å²) < 4.78 is 26.8. The minimum Gasteiger partial charge on any atom is -0.294 e. The highest BCUT2D eigenvalue weighted by molar-refractivity contribution is 8.00. The molecule has 7 heteroatoms. The Kier molecular flexibility index (Phi) is 4.82. The van der Waals surface area contributed by atoms with Crippen LogP contribution < -0.4 is 4.72 Å². The first-order chi connectivity index (χ1) is 11.5. The summed E-state index contributed by atoms with van der Waals surface area (Å²) in [5, 5.41) is -0.00693. The molecule has 0 aliphatic heterocycles. The second kappa shape index (κ2) is 7.02. The number of benzene rings is 2. The first-order valence-electron chi connectivity index (χ1n) is 7.15. The first-order valence-corrected chi connectivity index (χ1v) is 9.86. The maximum atomic E-state index is 11.9. The summed E-state index contributed by atoms with van der Waals surface area (Å²) in [5.74, 6) is 0.255. The Hall–Kier alpha value is -2.38. The molecule has 1 N–H and O–H groups in total. The molecule has 0 spiro atoms. The van der Waals surface area contributed by atoms with E-state index in [9.17, 15) is 8.42 Å². The number of nitrogens with zero attached hydrogens (tertiary/aromatic N) is 2. The van der Waals surface area contributed by atoms with Gasteiger partial charge in [0.25, 0.3) is 0 Å². The second-order valence-corrected chi connectivity index (χ2v) is 7.91. The van der Waals surface area contributed by atoms with E-state index in [-0.39, 0.29) is 11.0 Å². The van der Waals surface area contributed by atoms with Crippen LogP contribution in [0.25, 0.3) is 11.3 Å². The number of aromatic nitrogens is 2. The SMILES string of the molecule is CS(=O)(=O)c1cc(-c2ccccc2)nc(NSc2ccccc2)n1. The third-order valence-electron chi connectivity index (χ3n) is 3.16. The zero-order valence-corrected chi connectivity index (χ0v) is 14.5. The Bertz CT molecular complexity index is 931. The standard InChI is InChI=1S/C17H15N3O2S2/c1-24(21,22)16-12-15(13-8-4-2-5-9-13)18-17(19-16)20-23-14-10-6-3-7-11-14/h2-12H,1H3,(H,18,19,20). The van der Waals surface area contributed by atoms with Gasteiger partial charge in [0.2, 0.25) is 5.95 Å². The minimum absolute atomic E-state index is 0.00693. The van der Waals surface area contributed by atoms with Crippen molar-refractivity contribution >= 4 is 27.7 Å². The summed E-state index contributed by atoms with van der Waals surface area (Å²) in [6.07, 6.45) is 1.14. The molecule has 122 valence electrons. The zero-order valence-electron chi connectivity index (χ0n) is 12.9. The molecule has 5 nitrogen and oxygen atoms in total. The van der Waals surface area contributed by atoms with Crippen molar-refractivity contribution in [2.45, 2.75) is 9.92 Å². The Morgan fingerprint density at radius 1 is 0.917 bits per heavy atom. The third-order valence-corrected chi connectivity index (χ3v) is 4.92. The van der Waals surface area contributed by atoms with Crippen molar-refractivity contribution in [3.63, 3.8) is 0 Å². The average Bonchev–Trinajstić information content (AvgIpc) is 2.61. The summed E-state index contributed by atoms with van der Waals surface area (Å²) in [4.78, 5) is 9.52. The van der Waals surface area contributed by atoms with Gasteiger partial charge in [-0.3, -0.25) is 4.72 Å². The van der Waals surface area contributed by atoms with Crippen LogP contribution in [0.5, 0.6) is 0 Å². The van der Waals surface area contributed by atoms with Crippen LogP contribution in [0.1, 0.15) is 0 Å².